The van der Waals surface area contributed by atoms with E-state index in [4.69, 9.17) is 0 Å². The first-order chi connectivity index (χ1) is 5.35. The van der Waals surface area contributed by atoms with Gasteiger partial charge in [-0.2, -0.15) is 0 Å². The fourth-order valence-corrected chi connectivity index (χ4v) is 0.969. The van der Waals surface area contributed by atoms with Gasteiger partial charge in [0.05, 0.1) is 0 Å². The second-order valence-electron chi connectivity index (χ2n) is 2.58. The van der Waals surface area contributed by atoms with E-state index in [0.29, 0.717) is 0 Å². The molecule has 0 spiro atoms. The van der Waals surface area contributed by atoms with E-state index in [0.717, 1.165) is 0 Å². The standard InChI is InChI=1S/C11H18/c1-4-7-10-11(8-5-2)9-6-3/h5-6,8-9H,2,4,7,10H2,1,3H3/b9-6-,11-8+. The summed E-state index contributed by atoms with van der Waals surface area (Å²) < 4.78 is 0. The Bertz CT molecular complexity index is 149. The molecule has 0 saturated heterocycles. The molecule has 0 aliphatic heterocycles. The third-order valence-electron chi connectivity index (χ3n) is 1.53. The minimum absolute atomic E-state index is 1.17. The highest BCUT2D eigenvalue weighted by Gasteiger charge is 1.88. The lowest BCUT2D eigenvalue weighted by Gasteiger charge is -1.97. The minimum atomic E-state index is 1.17. The zero-order valence-corrected chi connectivity index (χ0v) is 7.64. The summed E-state index contributed by atoms with van der Waals surface area (Å²) in [4.78, 5) is 0. The predicted octanol–water partition coefficient (Wildman–Crippen LogP) is 3.87. The van der Waals surface area contributed by atoms with Gasteiger partial charge in [-0.15, -0.1) is 0 Å². The molecular formula is C11H18. The quantitative estimate of drug-likeness (QED) is 0.522. The van der Waals surface area contributed by atoms with E-state index < -0.39 is 0 Å². The van der Waals surface area contributed by atoms with Crippen LogP contribution in [-0.2, 0) is 0 Å². The maximum atomic E-state index is 3.68. The van der Waals surface area contributed by atoms with Crippen molar-refractivity contribution in [1.29, 1.82) is 0 Å². The molecule has 0 nitrogen and oxygen atoms in total. The predicted molar refractivity (Wildman–Crippen MR) is 52.6 cm³/mol. The number of allylic oxidation sites excluding steroid dienone is 5. The average Bonchev–Trinajstić information content (AvgIpc) is 2.01. The Labute approximate surface area is 70.3 Å². The molecule has 0 heterocycles. The molecule has 0 aromatic carbocycles. The molecule has 0 amide bonds. The highest BCUT2D eigenvalue weighted by Crippen LogP contribution is 2.08. The van der Waals surface area contributed by atoms with Crippen LogP contribution in [0.2, 0.25) is 0 Å². The fraction of sp³-hybridized carbons (Fsp3) is 0.455. The van der Waals surface area contributed by atoms with Crippen molar-refractivity contribution in [3.63, 3.8) is 0 Å². The normalized spacial score (nSPS) is 12.4. The molecular weight excluding hydrogens is 132 g/mol. The average molecular weight is 150 g/mol. The number of hydrogen-bond donors (Lipinski definition) is 0. The Morgan fingerprint density at radius 1 is 1.45 bits per heavy atom. The lowest BCUT2D eigenvalue weighted by Crippen LogP contribution is -1.77. The SMILES string of the molecule is C=C/C=C(\C=C/C)CCCC. The molecule has 0 bridgehead atoms. The summed E-state index contributed by atoms with van der Waals surface area (Å²) in [6.45, 7) is 7.93. The van der Waals surface area contributed by atoms with Gasteiger partial charge >= 0.3 is 0 Å². The Morgan fingerprint density at radius 2 is 2.18 bits per heavy atom. The zero-order valence-electron chi connectivity index (χ0n) is 7.64. The second-order valence-corrected chi connectivity index (χ2v) is 2.58. The molecule has 0 aliphatic carbocycles. The van der Waals surface area contributed by atoms with E-state index in [1.54, 1.807) is 0 Å². The molecule has 0 N–H and O–H groups in total. The van der Waals surface area contributed by atoms with Gasteiger partial charge in [0.1, 0.15) is 0 Å². The Kier molecular flexibility index (Phi) is 6.81. The van der Waals surface area contributed by atoms with E-state index in [1.165, 1.54) is 24.8 Å². The number of rotatable bonds is 5. The van der Waals surface area contributed by atoms with E-state index >= 15 is 0 Å². The van der Waals surface area contributed by atoms with Crippen LogP contribution in [0, 0.1) is 0 Å². The van der Waals surface area contributed by atoms with Crippen LogP contribution in [0.4, 0.5) is 0 Å². The highest BCUT2D eigenvalue weighted by atomic mass is 13.9. The van der Waals surface area contributed by atoms with Crippen LogP contribution in [0.1, 0.15) is 33.1 Å². The van der Waals surface area contributed by atoms with Crippen molar-refractivity contribution in [2.75, 3.05) is 0 Å². The van der Waals surface area contributed by atoms with Crippen molar-refractivity contribution in [3.05, 3.63) is 36.5 Å². The maximum Gasteiger partial charge on any atom is -0.0279 e. The van der Waals surface area contributed by atoms with Crippen molar-refractivity contribution in [2.24, 2.45) is 0 Å². The van der Waals surface area contributed by atoms with Gasteiger partial charge in [-0.3, -0.25) is 0 Å². The van der Waals surface area contributed by atoms with Crippen LogP contribution >= 0.6 is 0 Å². The van der Waals surface area contributed by atoms with Crippen molar-refractivity contribution in [2.45, 2.75) is 33.1 Å². The van der Waals surface area contributed by atoms with Crippen LogP contribution in [0.15, 0.2) is 36.5 Å². The first-order valence-electron chi connectivity index (χ1n) is 4.29. The van der Waals surface area contributed by atoms with Crippen molar-refractivity contribution in [1.82, 2.24) is 0 Å². The summed E-state index contributed by atoms with van der Waals surface area (Å²) in [6, 6.07) is 0. The minimum Gasteiger partial charge on any atom is -0.0991 e. The van der Waals surface area contributed by atoms with Crippen molar-refractivity contribution in [3.8, 4) is 0 Å². The van der Waals surface area contributed by atoms with Gasteiger partial charge < -0.3 is 0 Å². The third-order valence-corrected chi connectivity index (χ3v) is 1.53. The van der Waals surface area contributed by atoms with Gasteiger partial charge in [-0.25, -0.2) is 0 Å². The van der Waals surface area contributed by atoms with Gasteiger partial charge in [0, 0.05) is 0 Å². The Balaban J connectivity index is 3.89. The first-order valence-corrected chi connectivity index (χ1v) is 4.29. The van der Waals surface area contributed by atoms with Crippen LogP contribution in [-0.4, -0.2) is 0 Å². The Hall–Kier alpha value is -0.780. The highest BCUT2D eigenvalue weighted by molar-refractivity contribution is 5.22. The van der Waals surface area contributed by atoms with Gasteiger partial charge in [-0.05, 0) is 25.3 Å². The molecule has 0 heteroatoms. The van der Waals surface area contributed by atoms with Crippen LogP contribution in [0.25, 0.3) is 0 Å². The van der Waals surface area contributed by atoms with Gasteiger partial charge in [0.25, 0.3) is 0 Å². The summed E-state index contributed by atoms with van der Waals surface area (Å²) in [5.41, 5.74) is 1.38. The molecule has 0 aromatic rings. The van der Waals surface area contributed by atoms with Gasteiger partial charge in [-0.1, -0.05) is 44.2 Å². The van der Waals surface area contributed by atoms with Gasteiger partial charge in [0.2, 0.25) is 0 Å². The summed E-state index contributed by atoms with van der Waals surface area (Å²) in [5.74, 6) is 0. The summed E-state index contributed by atoms with van der Waals surface area (Å²) in [6.07, 6.45) is 11.9. The monoisotopic (exact) mass is 150 g/mol. The molecule has 0 unspecified atom stereocenters. The van der Waals surface area contributed by atoms with Crippen LogP contribution < -0.4 is 0 Å². The third kappa shape index (κ3) is 5.65. The van der Waals surface area contributed by atoms with E-state index in [-0.39, 0.29) is 0 Å². The van der Waals surface area contributed by atoms with Gasteiger partial charge in [0.15, 0.2) is 0 Å². The molecule has 0 aromatic heterocycles. The van der Waals surface area contributed by atoms with Crippen molar-refractivity contribution >= 4 is 0 Å². The molecule has 0 saturated carbocycles. The molecule has 62 valence electrons. The first kappa shape index (κ1) is 10.2. The smallest absolute Gasteiger partial charge is 0.0279 e. The van der Waals surface area contributed by atoms with Crippen molar-refractivity contribution < 1.29 is 0 Å². The van der Waals surface area contributed by atoms with Crippen LogP contribution in [0.3, 0.4) is 0 Å². The summed E-state index contributed by atoms with van der Waals surface area (Å²) in [5, 5.41) is 0. The zero-order chi connectivity index (χ0) is 8.53. The van der Waals surface area contributed by atoms with E-state index in [9.17, 15) is 0 Å². The summed E-state index contributed by atoms with van der Waals surface area (Å²) in [7, 11) is 0. The molecule has 0 aliphatic rings. The van der Waals surface area contributed by atoms with E-state index in [1.807, 2.05) is 13.0 Å². The second kappa shape index (κ2) is 7.33. The topological polar surface area (TPSA) is 0 Å². The fourth-order valence-electron chi connectivity index (χ4n) is 0.969. The molecule has 0 rings (SSSR count). The molecule has 11 heavy (non-hydrogen) atoms. The lowest BCUT2D eigenvalue weighted by molar-refractivity contribution is 0.798. The summed E-state index contributed by atoms with van der Waals surface area (Å²) >= 11 is 0. The van der Waals surface area contributed by atoms with E-state index in [2.05, 4.69) is 31.7 Å². The maximum absolute atomic E-state index is 3.68. The molecule has 0 fully saturated rings. The number of hydrogen-bond acceptors (Lipinski definition) is 0. The van der Waals surface area contributed by atoms with Crippen LogP contribution in [0.5, 0.6) is 0 Å². The molecule has 0 atom stereocenters. The Morgan fingerprint density at radius 3 is 2.64 bits per heavy atom. The largest absolute Gasteiger partial charge is 0.0991 e. The number of unbranched alkanes of at least 4 members (excludes halogenated alkanes) is 1. The molecule has 0 radical (unpaired) electrons. The lowest BCUT2D eigenvalue weighted by atomic mass is 10.1.